The van der Waals surface area contributed by atoms with Crippen molar-refractivity contribution in [1.82, 2.24) is 19.9 Å². The number of ether oxygens (including phenoxy) is 1. The van der Waals surface area contributed by atoms with E-state index < -0.39 is 23.3 Å². The van der Waals surface area contributed by atoms with Gasteiger partial charge >= 0.3 is 6.01 Å². The van der Waals surface area contributed by atoms with E-state index >= 15 is 4.39 Å². The molecule has 3 aliphatic rings. The molecule has 7 nitrogen and oxygen atoms in total. The normalized spacial score (nSPS) is 21.8. The van der Waals surface area contributed by atoms with E-state index in [1.807, 2.05) is 29.3 Å². The highest BCUT2D eigenvalue weighted by molar-refractivity contribution is 6.03. The van der Waals surface area contributed by atoms with Crippen LogP contribution in [0.5, 0.6) is 11.8 Å². The van der Waals surface area contributed by atoms with Gasteiger partial charge in [-0.25, -0.2) is 13.2 Å². The Morgan fingerprint density at radius 2 is 2.05 bits per heavy atom. The molecule has 5 heterocycles. The Bertz CT molecular complexity index is 1870. The highest BCUT2D eigenvalue weighted by atomic mass is 19.1. The first-order valence-corrected chi connectivity index (χ1v) is 14.3. The van der Waals surface area contributed by atoms with Gasteiger partial charge in [-0.2, -0.15) is 9.97 Å². The lowest BCUT2D eigenvalue weighted by Gasteiger charge is -2.31. The van der Waals surface area contributed by atoms with Gasteiger partial charge in [0.05, 0.1) is 16.5 Å². The van der Waals surface area contributed by atoms with Crippen LogP contribution >= 0.6 is 0 Å². The summed E-state index contributed by atoms with van der Waals surface area (Å²) in [6, 6.07) is 5.38. The van der Waals surface area contributed by atoms with Crippen molar-refractivity contribution in [3.05, 3.63) is 72.1 Å². The minimum atomic E-state index is -0.923. The maximum Gasteiger partial charge on any atom is 0.319 e. The molecule has 43 heavy (non-hydrogen) atoms. The van der Waals surface area contributed by atoms with E-state index in [1.54, 1.807) is 0 Å². The Morgan fingerprint density at radius 3 is 2.91 bits per heavy atom. The second-order valence-corrected chi connectivity index (χ2v) is 11.3. The minimum absolute atomic E-state index is 0.0381. The van der Waals surface area contributed by atoms with Crippen molar-refractivity contribution in [3.63, 3.8) is 0 Å². The number of allylic oxidation sites excluding steroid dienone is 2. The van der Waals surface area contributed by atoms with Crippen molar-refractivity contribution in [2.24, 2.45) is 0 Å². The van der Waals surface area contributed by atoms with Crippen molar-refractivity contribution < 1.29 is 23.0 Å². The van der Waals surface area contributed by atoms with Crippen molar-refractivity contribution in [3.8, 4) is 35.4 Å². The number of halogens is 3. The second-order valence-electron chi connectivity index (χ2n) is 11.3. The van der Waals surface area contributed by atoms with Gasteiger partial charge in [-0.15, -0.1) is 6.42 Å². The molecule has 2 fully saturated rings. The molecule has 2 aromatic heterocycles. The molecule has 218 valence electrons. The highest BCUT2D eigenvalue weighted by Crippen LogP contribution is 2.41. The summed E-state index contributed by atoms with van der Waals surface area (Å²) in [5, 5.41) is 11.5. The van der Waals surface area contributed by atoms with Crippen LogP contribution in [-0.2, 0) is 0 Å². The number of terminal acetylenes is 1. The SMILES string of the molecule is C#Cc1c(F)ccc2cc(O)cc(-c3ncc4c(N5C=CC=CCC5)nc(OC[C@@]56CCCN5CC(F)C6)nc4c3F)c12. The smallest absolute Gasteiger partial charge is 0.319 e. The molecule has 10 heteroatoms. The number of nitrogens with zero attached hydrogens (tertiary/aromatic N) is 5. The fourth-order valence-electron chi connectivity index (χ4n) is 6.69. The number of rotatable bonds is 5. The summed E-state index contributed by atoms with van der Waals surface area (Å²) in [6.07, 6.45) is 16.7. The lowest BCUT2D eigenvalue weighted by molar-refractivity contribution is 0.107. The number of phenolic OH excluding ortho intramolecular Hbond substituents is 1. The number of pyridine rings is 1. The number of benzene rings is 2. The number of anilines is 1. The molecule has 0 amide bonds. The Balaban J connectivity index is 1.39. The first-order valence-electron chi connectivity index (χ1n) is 14.3. The van der Waals surface area contributed by atoms with E-state index in [0.29, 0.717) is 36.1 Å². The largest absolute Gasteiger partial charge is 0.508 e. The van der Waals surface area contributed by atoms with Gasteiger partial charge < -0.3 is 14.7 Å². The molecule has 1 unspecified atom stereocenters. The van der Waals surface area contributed by atoms with Gasteiger partial charge in [0.2, 0.25) is 0 Å². The van der Waals surface area contributed by atoms with Gasteiger partial charge in [0.1, 0.15) is 41.4 Å². The summed E-state index contributed by atoms with van der Waals surface area (Å²) in [7, 11) is 0. The summed E-state index contributed by atoms with van der Waals surface area (Å²) >= 11 is 0. The third-order valence-corrected chi connectivity index (χ3v) is 8.65. The lowest BCUT2D eigenvalue weighted by atomic mass is 9.95. The molecule has 2 aromatic carbocycles. The van der Waals surface area contributed by atoms with E-state index in [4.69, 9.17) is 11.2 Å². The Morgan fingerprint density at radius 1 is 1.16 bits per heavy atom. The number of phenols is 1. The third kappa shape index (κ3) is 4.64. The zero-order chi connectivity index (χ0) is 29.7. The van der Waals surface area contributed by atoms with Crippen LogP contribution in [0.4, 0.5) is 19.0 Å². The zero-order valence-corrected chi connectivity index (χ0v) is 23.2. The lowest BCUT2D eigenvalue weighted by Crippen LogP contribution is -2.43. The molecule has 1 N–H and O–H groups in total. The van der Waals surface area contributed by atoms with E-state index in [9.17, 15) is 13.9 Å². The van der Waals surface area contributed by atoms with Crippen molar-refractivity contribution in [2.45, 2.75) is 37.4 Å². The standard InChI is InChI=1S/C33H28F3N5O2/c1-2-23-26(35)9-8-20-14-22(42)15-24(27(20)23)29-28(36)30-25(17-37-29)31(40-11-5-3-4-6-12-40)39-32(38-30)43-19-33-10-7-13-41(33)18-21(34)16-33/h1,3-5,8-9,11,14-15,17,21,42H,6-7,10,12-13,16,18-19H2/t21?,33-/m0/s1. The number of hydrogen-bond acceptors (Lipinski definition) is 7. The molecule has 2 saturated heterocycles. The van der Waals surface area contributed by atoms with Crippen LogP contribution in [0.15, 0.2) is 54.9 Å². The van der Waals surface area contributed by atoms with Crippen molar-refractivity contribution >= 4 is 27.5 Å². The summed E-state index contributed by atoms with van der Waals surface area (Å²) in [5.41, 5.74) is -0.588. The summed E-state index contributed by atoms with van der Waals surface area (Å²) < 4.78 is 51.9. The average Bonchev–Trinajstić information content (AvgIpc) is 3.37. The van der Waals surface area contributed by atoms with E-state index in [0.717, 1.165) is 25.8 Å². The maximum absolute atomic E-state index is 16.6. The number of alkyl halides is 1. The fraction of sp³-hybridized carbons (Fsp3) is 0.303. The topological polar surface area (TPSA) is 74.6 Å². The molecule has 3 aliphatic heterocycles. The van der Waals surface area contributed by atoms with E-state index in [2.05, 4.69) is 25.8 Å². The van der Waals surface area contributed by atoms with Gasteiger partial charge in [-0.1, -0.05) is 24.1 Å². The van der Waals surface area contributed by atoms with Gasteiger partial charge in [-0.3, -0.25) is 9.88 Å². The summed E-state index contributed by atoms with van der Waals surface area (Å²) in [4.78, 5) is 17.6. The fourth-order valence-corrected chi connectivity index (χ4v) is 6.69. The highest BCUT2D eigenvalue weighted by Gasteiger charge is 2.49. The first-order chi connectivity index (χ1) is 20.9. The monoisotopic (exact) mass is 583 g/mol. The van der Waals surface area contributed by atoms with Crippen molar-refractivity contribution in [1.29, 1.82) is 0 Å². The van der Waals surface area contributed by atoms with Crippen LogP contribution in [0, 0.1) is 24.0 Å². The van der Waals surface area contributed by atoms with E-state index in [1.165, 1.54) is 30.5 Å². The molecule has 0 saturated carbocycles. The molecule has 0 spiro atoms. The van der Waals surface area contributed by atoms with Gasteiger partial charge in [0, 0.05) is 42.9 Å². The molecular weight excluding hydrogens is 555 g/mol. The minimum Gasteiger partial charge on any atom is -0.508 e. The van der Waals surface area contributed by atoms with Crippen molar-refractivity contribution in [2.75, 3.05) is 31.1 Å². The second kappa shape index (κ2) is 10.6. The van der Waals surface area contributed by atoms with Crippen LogP contribution in [0.25, 0.3) is 32.9 Å². The first kappa shape index (κ1) is 27.2. The van der Waals surface area contributed by atoms with Gasteiger partial charge in [0.15, 0.2) is 5.82 Å². The number of aromatic hydroxyl groups is 1. The maximum atomic E-state index is 16.6. The van der Waals surface area contributed by atoms with Crippen LogP contribution in [0.3, 0.4) is 0 Å². The Hall–Kier alpha value is -4.62. The summed E-state index contributed by atoms with van der Waals surface area (Å²) in [5.74, 6) is 1.16. The van der Waals surface area contributed by atoms with Crippen LogP contribution in [0.2, 0.25) is 0 Å². The zero-order valence-electron chi connectivity index (χ0n) is 23.2. The number of hydrogen-bond donors (Lipinski definition) is 1. The number of aromatic nitrogens is 3. The molecular formula is C33H28F3N5O2. The van der Waals surface area contributed by atoms with Gasteiger partial charge in [-0.05, 0) is 55.5 Å². The molecule has 4 aromatic rings. The number of fused-ring (bicyclic) bond motifs is 3. The molecule has 0 bridgehead atoms. The van der Waals surface area contributed by atoms with Crippen LogP contribution in [0.1, 0.15) is 31.2 Å². The Labute approximate surface area is 246 Å². The average molecular weight is 584 g/mol. The van der Waals surface area contributed by atoms with Crippen LogP contribution < -0.4 is 9.64 Å². The molecule has 0 radical (unpaired) electrons. The quantitative estimate of drug-likeness (QED) is 0.287. The molecule has 7 rings (SSSR count). The molecule has 2 atom stereocenters. The van der Waals surface area contributed by atoms with E-state index in [-0.39, 0.29) is 46.1 Å². The van der Waals surface area contributed by atoms with Crippen LogP contribution in [-0.4, -0.2) is 62.9 Å². The molecule has 0 aliphatic carbocycles. The predicted octanol–water partition coefficient (Wildman–Crippen LogP) is 6.05. The third-order valence-electron chi connectivity index (χ3n) is 8.65. The van der Waals surface area contributed by atoms with Gasteiger partial charge in [0.25, 0.3) is 0 Å². The predicted molar refractivity (Wildman–Crippen MR) is 159 cm³/mol. The summed E-state index contributed by atoms with van der Waals surface area (Å²) in [6.45, 7) is 1.93. The Kier molecular flexibility index (Phi) is 6.70.